The molecule has 0 saturated carbocycles. The maximum Gasteiger partial charge on any atom is 0.141 e. The van der Waals surface area contributed by atoms with Crippen LogP contribution in [0.5, 0.6) is 0 Å². The zero-order valence-corrected chi connectivity index (χ0v) is 9.99. The maximum atomic E-state index is 13.0. The Labute approximate surface area is 105 Å². The molecule has 1 atom stereocenters. The highest BCUT2D eigenvalue weighted by Crippen LogP contribution is 2.21. The Kier molecular flexibility index (Phi) is 3.77. The molecule has 2 rings (SSSR count). The van der Waals surface area contributed by atoms with Gasteiger partial charge in [0.05, 0.1) is 5.02 Å². The molecule has 1 nitrogen and oxygen atoms in total. The highest BCUT2D eigenvalue weighted by atomic mass is 35.5. The lowest BCUT2D eigenvalue weighted by Crippen LogP contribution is -2.13. The molecule has 0 aliphatic heterocycles. The van der Waals surface area contributed by atoms with Gasteiger partial charge in [-0.25, -0.2) is 4.39 Å². The molecular weight excluding hydrogens is 237 g/mol. The van der Waals surface area contributed by atoms with Gasteiger partial charge in [0.1, 0.15) is 5.82 Å². The highest BCUT2D eigenvalue weighted by Gasteiger charge is 2.09. The third-order valence-electron chi connectivity index (χ3n) is 2.67. The first-order valence-electron chi connectivity index (χ1n) is 5.41. The molecule has 2 aromatic rings. The summed E-state index contributed by atoms with van der Waals surface area (Å²) in [7, 11) is 0. The van der Waals surface area contributed by atoms with E-state index in [2.05, 4.69) is 0 Å². The van der Waals surface area contributed by atoms with Gasteiger partial charge in [-0.1, -0.05) is 48.0 Å². The molecule has 2 aromatic carbocycles. The molecule has 2 N–H and O–H groups in total. The Bertz CT molecular complexity index is 499. The van der Waals surface area contributed by atoms with Gasteiger partial charge in [-0.2, -0.15) is 0 Å². The van der Waals surface area contributed by atoms with Gasteiger partial charge in [0, 0.05) is 6.04 Å². The molecule has 0 spiro atoms. The monoisotopic (exact) mass is 249 g/mol. The molecule has 0 aliphatic carbocycles. The first kappa shape index (κ1) is 12.1. The SMILES string of the molecule is NC(Cc1ccccc1)c1ccc(F)c(Cl)c1. The minimum atomic E-state index is -0.415. The lowest BCUT2D eigenvalue weighted by molar-refractivity contribution is 0.625. The molecule has 88 valence electrons. The number of halogens is 2. The second-order valence-corrected chi connectivity index (χ2v) is 4.38. The fourth-order valence-electron chi connectivity index (χ4n) is 1.73. The molecule has 0 aliphatic rings. The molecule has 0 amide bonds. The summed E-state index contributed by atoms with van der Waals surface area (Å²) in [4.78, 5) is 0. The van der Waals surface area contributed by atoms with E-state index in [0.717, 1.165) is 11.1 Å². The van der Waals surface area contributed by atoms with Crippen LogP contribution in [-0.2, 0) is 6.42 Å². The Morgan fingerprint density at radius 3 is 2.47 bits per heavy atom. The number of hydrogen-bond donors (Lipinski definition) is 1. The van der Waals surface area contributed by atoms with Crippen molar-refractivity contribution in [2.24, 2.45) is 5.73 Å². The number of hydrogen-bond acceptors (Lipinski definition) is 1. The van der Waals surface area contributed by atoms with Crippen LogP contribution in [0.15, 0.2) is 48.5 Å². The zero-order valence-electron chi connectivity index (χ0n) is 9.24. The van der Waals surface area contributed by atoms with Crippen LogP contribution in [0.2, 0.25) is 5.02 Å². The van der Waals surface area contributed by atoms with Crippen molar-refractivity contribution < 1.29 is 4.39 Å². The average molecular weight is 250 g/mol. The van der Waals surface area contributed by atoms with E-state index in [1.165, 1.54) is 6.07 Å². The van der Waals surface area contributed by atoms with Crippen molar-refractivity contribution in [1.29, 1.82) is 0 Å². The third-order valence-corrected chi connectivity index (χ3v) is 2.96. The summed E-state index contributed by atoms with van der Waals surface area (Å²) in [5, 5.41) is 0.117. The predicted octanol–water partition coefficient (Wildman–Crippen LogP) is 3.72. The molecule has 1 unspecified atom stereocenters. The van der Waals surface area contributed by atoms with Crippen LogP contribution >= 0.6 is 11.6 Å². The van der Waals surface area contributed by atoms with Crippen LogP contribution in [0, 0.1) is 5.82 Å². The van der Waals surface area contributed by atoms with Gasteiger partial charge >= 0.3 is 0 Å². The maximum absolute atomic E-state index is 13.0. The van der Waals surface area contributed by atoms with E-state index >= 15 is 0 Å². The average Bonchev–Trinajstić information content (AvgIpc) is 2.34. The van der Waals surface area contributed by atoms with Crippen LogP contribution in [0.1, 0.15) is 17.2 Å². The van der Waals surface area contributed by atoms with Crippen LogP contribution in [0.4, 0.5) is 4.39 Å². The fraction of sp³-hybridized carbons (Fsp3) is 0.143. The van der Waals surface area contributed by atoms with Gasteiger partial charge < -0.3 is 5.73 Å². The predicted molar refractivity (Wildman–Crippen MR) is 68.5 cm³/mol. The van der Waals surface area contributed by atoms with Crippen molar-refractivity contribution in [3.8, 4) is 0 Å². The Hall–Kier alpha value is -1.38. The lowest BCUT2D eigenvalue weighted by Gasteiger charge is -2.12. The first-order chi connectivity index (χ1) is 8.16. The minimum absolute atomic E-state index is 0.117. The topological polar surface area (TPSA) is 26.0 Å². The van der Waals surface area contributed by atoms with E-state index in [0.29, 0.717) is 6.42 Å². The van der Waals surface area contributed by atoms with Crippen molar-refractivity contribution in [2.45, 2.75) is 12.5 Å². The summed E-state index contributed by atoms with van der Waals surface area (Å²) in [6.45, 7) is 0. The Morgan fingerprint density at radius 2 is 1.82 bits per heavy atom. The highest BCUT2D eigenvalue weighted by molar-refractivity contribution is 6.30. The van der Waals surface area contributed by atoms with Crippen LogP contribution in [-0.4, -0.2) is 0 Å². The minimum Gasteiger partial charge on any atom is -0.324 e. The number of nitrogens with two attached hydrogens (primary N) is 1. The molecule has 0 fully saturated rings. The smallest absolute Gasteiger partial charge is 0.141 e. The van der Waals surface area contributed by atoms with Crippen LogP contribution in [0.3, 0.4) is 0 Å². The Morgan fingerprint density at radius 1 is 1.12 bits per heavy atom. The van der Waals surface area contributed by atoms with Crippen molar-refractivity contribution in [3.63, 3.8) is 0 Å². The van der Waals surface area contributed by atoms with E-state index in [1.54, 1.807) is 12.1 Å². The largest absolute Gasteiger partial charge is 0.324 e. The lowest BCUT2D eigenvalue weighted by atomic mass is 10.00. The fourth-order valence-corrected chi connectivity index (χ4v) is 1.92. The molecular formula is C14H13ClFN. The van der Waals surface area contributed by atoms with E-state index in [9.17, 15) is 4.39 Å². The van der Waals surface area contributed by atoms with Gasteiger partial charge in [0.2, 0.25) is 0 Å². The summed E-state index contributed by atoms with van der Waals surface area (Å²) < 4.78 is 13.0. The van der Waals surface area contributed by atoms with Gasteiger partial charge in [-0.05, 0) is 29.7 Å². The Balaban J connectivity index is 2.14. The van der Waals surface area contributed by atoms with Crippen molar-refractivity contribution in [2.75, 3.05) is 0 Å². The molecule has 0 heterocycles. The number of benzene rings is 2. The van der Waals surface area contributed by atoms with Gasteiger partial charge in [-0.3, -0.25) is 0 Å². The summed E-state index contributed by atoms with van der Waals surface area (Å²) in [6.07, 6.45) is 0.711. The zero-order chi connectivity index (χ0) is 12.3. The first-order valence-corrected chi connectivity index (χ1v) is 5.79. The van der Waals surface area contributed by atoms with E-state index in [1.807, 2.05) is 30.3 Å². The van der Waals surface area contributed by atoms with E-state index < -0.39 is 5.82 Å². The van der Waals surface area contributed by atoms with Crippen LogP contribution < -0.4 is 5.73 Å². The van der Waals surface area contributed by atoms with Crippen LogP contribution in [0.25, 0.3) is 0 Å². The standard InChI is InChI=1S/C14H13ClFN/c15-12-9-11(6-7-13(12)16)14(17)8-10-4-2-1-3-5-10/h1-7,9,14H,8,17H2. The molecule has 0 saturated heterocycles. The van der Waals surface area contributed by atoms with Crippen molar-refractivity contribution in [3.05, 3.63) is 70.5 Å². The molecule has 0 bridgehead atoms. The third kappa shape index (κ3) is 3.05. The molecule has 0 aromatic heterocycles. The molecule has 0 radical (unpaired) electrons. The van der Waals surface area contributed by atoms with Gasteiger partial charge in [-0.15, -0.1) is 0 Å². The summed E-state index contributed by atoms with van der Waals surface area (Å²) >= 11 is 5.73. The van der Waals surface area contributed by atoms with Crippen molar-refractivity contribution >= 4 is 11.6 Å². The summed E-state index contributed by atoms with van der Waals surface area (Å²) in [5.41, 5.74) is 8.07. The molecule has 17 heavy (non-hydrogen) atoms. The number of rotatable bonds is 3. The quantitative estimate of drug-likeness (QED) is 0.882. The van der Waals surface area contributed by atoms with E-state index in [4.69, 9.17) is 17.3 Å². The second-order valence-electron chi connectivity index (χ2n) is 3.97. The van der Waals surface area contributed by atoms with Crippen molar-refractivity contribution in [1.82, 2.24) is 0 Å². The normalized spacial score (nSPS) is 12.4. The second kappa shape index (κ2) is 5.30. The van der Waals surface area contributed by atoms with Gasteiger partial charge in [0.25, 0.3) is 0 Å². The molecule has 3 heteroatoms. The summed E-state index contributed by atoms with van der Waals surface area (Å²) in [6, 6.07) is 14.4. The summed E-state index contributed by atoms with van der Waals surface area (Å²) in [5.74, 6) is -0.415. The van der Waals surface area contributed by atoms with Gasteiger partial charge in [0.15, 0.2) is 0 Å². The van der Waals surface area contributed by atoms with E-state index in [-0.39, 0.29) is 11.1 Å².